The van der Waals surface area contributed by atoms with E-state index in [0.29, 0.717) is 37.7 Å². The van der Waals surface area contributed by atoms with Gasteiger partial charge in [0, 0.05) is 0 Å². The molecule has 0 aliphatic heterocycles. The third-order valence-corrected chi connectivity index (χ3v) is 6.85. The quantitative estimate of drug-likeness (QED) is 0.206. The van der Waals surface area contributed by atoms with Crippen molar-refractivity contribution in [2.45, 2.75) is 63.8 Å². The summed E-state index contributed by atoms with van der Waals surface area (Å²) in [5.41, 5.74) is -3.56. The number of carbonyl (C=O) groups excluding carboxylic acids is 1. The Morgan fingerprint density at radius 3 is 2.81 bits per heavy atom. The minimum atomic E-state index is -4.49. The zero-order valence-corrected chi connectivity index (χ0v) is 16.5. The van der Waals surface area contributed by atoms with Crippen LogP contribution in [0.3, 0.4) is 0 Å². The lowest BCUT2D eigenvalue weighted by Crippen LogP contribution is -3.01. The van der Waals surface area contributed by atoms with Gasteiger partial charge >= 0.3 is 11.5 Å². The minimum Gasteiger partial charge on any atom is -0.621 e. The molecule has 27 heavy (non-hydrogen) atoms. The summed E-state index contributed by atoms with van der Waals surface area (Å²) in [5, 5.41) is 11.1. The fourth-order valence-corrected chi connectivity index (χ4v) is 5.50. The van der Waals surface area contributed by atoms with Crippen molar-refractivity contribution >= 4 is 17.9 Å². The maximum Gasteiger partial charge on any atom is 0.496 e. The highest BCUT2D eigenvalue weighted by atomic mass is 32.2. The van der Waals surface area contributed by atoms with Crippen LogP contribution < -0.4 is 4.47 Å². The molecule has 5 unspecified atom stereocenters. The van der Waals surface area contributed by atoms with Crippen LogP contribution in [-0.4, -0.2) is 24.6 Å². The molecule has 8 heteroatoms. The first-order valence-corrected chi connectivity index (χ1v) is 10.7. The van der Waals surface area contributed by atoms with E-state index in [1.807, 2.05) is 6.92 Å². The average Bonchev–Trinajstić information content (AvgIpc) is 2.78. The zero-order valence-electron chi connectivity index (χ0n) is 15.6. The van der Waals surface area contributed by atoms with Gasteiger partial charge in [0.25, 0.3) is 0 Å². The molecule has 0 spiro atoms. The summed E-state index contributed by atoms with van der Waals surface area (Å²) in [6.45, 7) is 2.25. The van der Waals surface area contributed by atoms with Crippen LogP contribution in [0.5, 0.6) is 0 Å². The molecule has 0 amide bonds. The summed E-state index contributed by atoms with van der Waals surface area (Å²) in [5.74, 6) is 2.04. The molecule has 3 aliphatic carbocycles. The van der Waals surface area contributed by atoms with Crippen LogP contribution in [0.25, 0.3) is 0 Å². The number of hydroxylamine groups is 1. The van der Waals surface area contributed by atoms with Gasteiger partial charge in [-0.1, -0.05) is 11.6 Å². The molecule has 0 aromatic rings. The number of halogens is 3. The smallest absolute Gasteiger partial charge is 0.496 e. The Hall–Kier alpha value is -0.730. The van der Waals surface area contributed by atoms with Crippen molar-refractivity contribution in [1.29, 1.82) is 0 Å². The minimum absolute atomic E-state index is 0.0703. The molecule has 154 valence electrons. The van der Waals surface area contributed by atoms with Crippen molar-refractivity contribution in [3.05, 3.63) is 16.9 Å². The molecule has 4 nitrogen and oxygen atoms in total. The van der Waals surface area contributed by atoms with Gasteiger partial charge in [0.1, 0.15) is 0 Å². The van der Waals surface area contributed by atoms with Crippen molar-refractivity contribution in [3.8, 4) is 0 Å². The van der Waals surface area contributed by atoms with E-state index in [4.69, 9.17) is 4.74 Å². The number of nitrogens with one attached hydrogen (secondary N) is 1. The number of hydrogen-bond acceptors (Lipinski definition) is 4. The van der Waals surface area contributed by atoms with E-state index in [2.05, 4.69) is 6.08 Å². The Kier molecular flexibility index (Phi) is 6.48. The molecule has 0 radical (unpaired) electrons. The molecule has 0 heterocycles. The lowest BCUT2D eigenvalue weighted by Gasteiger charge is -2.37. The summed E-state index contributed by atoms with van der Waals surface area (Å²) in [6.07, 6.45) is 9.17. The van der Waals surface area contributed by atoms with Crippen molar-refractivity contribution in [2.75, 3.05) is 13.2 Å². The van der Waals surface area contributed by atoms with Crippen LogP contribution in [0.1, 0.15) is 58.3 Å². The van der Waals surface area contributed by atoms with E-state index in [-0.39, 0.29) is 12.5 Å². The number of ether oxygens (including phenoxy) is 1. The monoisotopic (exact) mass is 407 g/mol. The van der Waals surface area contributed by atoms with Gasteiger partial charge in [-0.2, -0.15) is 13.2 Å². The van der Waals surface area contributed by atoms with E-state index in [1.54, 1.807) is 0 Å². The van der Waals surface area contributed by atoms with Crippen molar-refractivity contribution in [3.63, 3.8) is 0 Å². The largest absolute Gasteiger partial charge is 0.621 e. The van der Waals surface area contributed by atoms with Crippen LogP contribution in [0.4, 0.5) is 13.2 Å². The molecule has 3 aliphatic rings. The third kappa shape index (κ3) is 5.41. The van der Waals surface area contributed by atoms with E-state index < -0.39 is 27.3 Å². The summed E-state index contributed by atoms with van der Waals surface area (Å²) in [6, 6.07) is 0. The SMILES string of the molecule is CC1(C(=O)OCCCCCC[NH+]([O-])SC(F)(F)F)C=C2CC3CC(CC23)C1. The molecular weight excluding hydrogens is 379 g/mol. The second-order valence-electron chi connectivity index (χ2n) is 8.47. The van der Waals surface area contributed by atoms with Crippen molar-refractivity contribution in [2.24, 2.45) is 23.2 Å². The Balaban J connectivity index is 1.30. The van der Waals surface area contributed by atoms with Gasteiger partial charge < -0.3 is 14.4 Å². The number of rotatable bonds is 9. The highest BCUT2D eigenvalue weighted by Gasteiger charge is 2.51. The molecule has 2 fully saturated rings. The number of hydrogen-bond donors (Lipinski definition) is 1. The summed E-state index contributed by atoms with van der Waals surface area (Å²) in [4.78, 5) is 12.6. The molecule has 0 saturated heterocycles. The number of allylic oxidation sites excluding steroid dienone is 1. The van der Waals surface area contributed by atoms with Gasteiger partial charge in [-0.3, -0.25) is 4.79 Å². The fourth-order valence-electron chi connectivity index (χ4n) is 4.99. The first-order valence-electron chi connectivity index (χ1n) is 9.84. The van der Waals surface area contributed by atoms with Gasteiger partial charge in [0.05, 0.1) is 18.6 Å². The highest BCUT2D eigenvalue weighted by molar-refractivity contribution is 7.93. The molecule has 2 bridgehead atoms. The second-order valence-corrected chi connectivity index (χ2v) is 9.59. The maximum atomic E-state index is 12.6. The van der Waals surface area contributed by atoms with Crippen LogP contribution >= 0.6 is 11.9 Å². The van der Waals surface area contributed by atoms with Crippen LogP contribution in [0.2, 0.25) is 0 Å². The van der Waals surface area contributed by atoms with Crippen LogP contribution in [0, 0.1) is 28.4 Å². The first-order chi connectivity index (χ1) is 12.7. The molecule has 3 rings (SSSR count). The standard InChI is InChI=1S/C19H28F3NO3S/c1-18(11-13-8-14-10-15(12-18)16(14)9-13)17(24)26-7-5-3-2-4-6-23(25)27-19(20,21)22/h12-14,16,23H,2-11H2,1H3. The first kappa shape index (κ1) is 21.0. The molecule has 0 aromatic heterocycles. The summed E-state index contributed by atoms with van der Waals surface area (Å²) >= 11 is -0.559. The lowest BCUT2D eigenvalue weighted by atomic mass is 9.67. The van der Waals surface area contributed by atoms with Gasteiger partial charge in [0.15, 0.2) is 11.9 Å². The lowest BCUT2D eigenvalue weighted by molar-refractivity contribution is -0.698. The topological polar surface area (TPSA) is 53.8 Å². The zero-order chi connectivity index (χ0) is 19.7. The third-order valence-electron chi connectivity index (χ3n) is 6.19. The fraction of sp³-hybridized carbons (Fsp3) is 0.842. The number of unbranched alkanes of at least 4 members (excludes halogenated alkanes) is 3. The number of fused-ring (bicyclic) bond motifs is 1. The van der Waals surface area contributed by atoms with Gasteiger partial charge in [-0.15, -0.1) is 0 Å². The molecule has 0 aromatic carbocycles. The average molecular weight is 407 g/mol. The number of carbonyl (C=O) groups is 1. The second kappa shape index (κ2) is 8.33. The molecule has 5 atom stereocenters. The Morgan fingerprint density at radius 1 is 1.33 bits per heavy atom. The molecule has 1 N–H and O–H groups in total. The predicted octanol–water partition coefficient (Wildman–Crippen LogP) is 4.02. The van der Waals surface area contributed by atoms with E-state index in [0.717, 1.165) is 25.2 Å². The van der Waals surface area contributed by atoms with Gasteiger partial charge in [-0.05, 0) is 76.0 Å². The normalized spacial score (nSPS) is 33.1. The Morgan fingerprint density at radius 2 is 2.07 bits per heavy atom. The Labute approximate surface area is 162 Å². The summed E-state index contributed by atoms with van der Waals surface area (Å²) < 4.78 is 40.8. The predicted molar refractivity (Wildman–Crippen MR) is 97.4 cm³/mol. The van der Waals surface area contributed by atoms with Gasteiger partial charge in [0.2, 0.25) is 0 Å². The maximum absolute atomic E-state index is 12.6. The van der Waals surface area contributed by atoms with Gasteiger partial charge in [-0.25, -0.2) is 0 Å². The molecule has 2 saturated carbocycles. The van der Waals surface area contributed by atoms with Crippen molar-refractivity contribution in [1.82, 2.24) is 0 Å². The van der Waals surface area contributed by atoms with Crippen molar-refractivity contribution < 1.29 is 27.2 Å². The summed E-state index contributed by atoms with van der Waals surface area (Å²) in [7, 11) is 0. The van der Waals surface area contributed by atoms with Crippen LogP contribution in [0.15, 0.2) is 11.6 Å². The molecular formula is C19H28F3NO3S. The highest BCUT2D eigenvalue weighted by Crippen LogP contribution is 2.59. The Bertz CT molecular complexity index is 583. The van der Waals surface area contributed by atoms with E-state index >= 15 is 0 Å². The van der Waals surface area contributed by atoms with E-state index in [9.17, 15) is 23.2 Å². The number of esters is 1. The number of quaternary nitrogens is 1. The van der Waals surface area contributed by atoms with E-state index in [1.165, 1.54) is 18.4 Å². The van der Waals surface area contributed by atoms with Crippen LogP contribution in [-0.2, 0) is 9.53 Å². The number of alkyl halides is 3.